The number of oxazole rings is 1. The standard InChI is InChI=1S/C23H14Cl2N2O2S/c1-12-6-9-16-18(10-12)29-23(27-16)13-7-8-15(24)17(11-13)26-22(28)21-20(25)14-4-2-3-5-19(14)30-21/h2-11H,1H3,(H,26,28). The highest BCUT2D eigenvalue weighted by Crippen LogP contribution is 2.36. The minimum Gasteiger partial charge on any atom is -0.436 e. The van der Waals surface area contributed by atoms with E-state index in [0.29, 0.717) is 37.6 Å². The number of rotatable bonds is 3. The number of nitrogens with one attached hydrogen (secondary N) is 1. The van der Waals surface area contributed by atoms with Gasteiger partial charge < -0.3 is 9.73 Å². The Labute approximate surface area is 186 Å². The van der Waals surface area contributed by atoms with Crippen LogP contribution in [0, 0.1) is 6.92 Å². The lowest BCUT2D eigenvalue weighted by Gasteiger charge is -2.08. The van der Waals surface area contributed by atoms with Gasteiger partial charge in [0, 0.05) is 15.6 Å². The van der Waals surface area contributed by atoms with Crippen molar-refractivity contribution in [3.63, 3.8) is 0 Å². The molecule has 3 aromatic carbocycles. The fourth-order valence-corrected chi connectivity index (χ4v) is 4.83. The number of benzene rings is 3. The predicted octanol–water partition coefficient (Wildman–Crippen LogP) is 7.58. The van der Waals surface area contributed by atoms with Gasteiger partial charge in [0.25, 0.3) is 5.91 Å². The number of aryl methyl sites for hydroxylation is 1. The van der Waals surface area contributed by atoms with Gasteiger partial charge in [0.15, 0.2) is 5.58 Å². The summed E-state index contributed by atoms with van der Waals surface area (Å²) in [5, 5.41) is 4.58. The Hall–Kier alpha value is -2.86. The number of halogens is 2. The molecule has 30 heavy (non-hydrogen) atoms. The molecule has 148 valence electrons. The molecule has 0 atom stereocenters. The van der Waals surface area contributed by atoms with E-state index in [4.69, 9.17) is 27.6 Å². The van der Waals surface area contributed by atoms with Gasteiger partial charge in [-0.2, -0.15) is 0 Å². The fraction of sp³-hybridized carbons (Fsp3) is 0.0435. The summed E-state index contributed by atoms with van der Waals surface area (Å²) in [4.78, 5) is 17.9. The van der Waals surface area contributed by atoms with Crippen LogP contribution in [0.2, 0.25) is 10.0 Å². The molecule has 4 nitrogen and oxygen atoms in total. The Morgan fingerprint density at radius 2 is 1.90 bits per heavy atom. The van der Waals surface area contributed by atoms with Gasteiger partial charge >= 0.3 is 0 Å². The van der Waals surface area contributed by atoms with Crippen molar-refractivity contribution in [2.45, 2.75) is 6.92 Å². The molecule has 0 radical (unpaired) electrons. The Morgan fingerprint density at radius 3 is 2.73 bits per heavy atom. The number of carbonyl (C=O) groups excluding carboxylic acids is 1. The molecule has 0 unspecified atom stereocenters. The molecule has 5 rings (SSSR count). The molecule has 0 aliphatic carbocycles. The van der Waals surface area contributed by atoms with Crippen molar-refractivity contribution in [2.75, 3.05) is 5.32 Å². The van der Waals surface area contributed by atoms with Crippen LogP contribution in [-0.4, -0.2) is 10.9 Å². The summed E-state index contributed by atoms with van der Waals surface area (Å²) in [6.45, 7) is 2.00. The van der Waals surface area contributed by atoms with Crippen molar-refractivity contribution in [1.82, 2.24) is 4.98 Å². The molecule has 0 saturated carbocycles. The highest BCUT2D eigenvalue weighted by Gasteiger charge is 2.19. The molecule has 1 amide bonds. The Morgan fingerprint density at radius 1 is 1.07 bits per heavy atom. The first-order chi connectivity index (χ1) is 14.5. The lowest BCUT2D eigenvalue weighted by molar-refractivity contribution is 0.103. The van der Waals surface area contributed by atoms with Crippen molar-refractivity contribution in [3.8, 4) is 11.5 Å². The third-order valence-electron chi connectivity index (χ3n) is 4.75. The number of carbonyl (C=O) groups is 1. The second kappa shape index (κ2) is 7.43. The largest absolute Gasteiger partial charge is 0.436 e. The SMILES string of the molecule is Cc1ccc2nc(-c3ccc(Cl)c(NC(=O)c4sc5ccccc5c4Cl)c3)oc2c1. The summed E-state index contributed by atoms with van der Waals surface area (Å²) >= 11 is 14.1. The maximum Gasteiger partial charge on any atom is 0.267 e. The normalized spacial score (nSPS) is 11.3. The molecule has 0 spiro atoms. The molecular weight excluding hydrogens is 439 g/mol. The lowest BCUT2D eigenvalue weighted by atomic mass is 10.2. The van der Waals surface area contributed by atoms with Gasteiger partial charge in [-0.1, -0.05) is 47.5 Å². The second-order valence-electron chi connectivity index (χ2n) is 6.88. The number of amides is 1. The summed E-state index contributed by atoms with van der Waals surface area (Å²) in [5.74, 6) is 0.149. The van der Waals surface area contributed by atoms with Crippen LogP contribution in [0.4, 0.5) is 5.69 Å². The van der Waals surface area contributed by atoms with Crippen molar-refractivity contribution in [2.24, 2.45) is 0 Å². The number of hydrogen-bond acceptors (Lipinski definition) is 4. The lowest BCUT2D eigenvalue weighted by Crippen LogP contribution is -2.11. The number of nitrogens with zero attached hydrogens (tertiary/aromatic N) is 1. The van der Waals surface area contributed by atoms with Crippen LogP contribution in [0.15, 0.2) is 65.1 Å². The van der Waals surface area contributed by atoms with E-state index in [2.05, 4.69) is 10.3 Å². The van der Waals surface area contributed by atoms with Gasteiger partial charge in [-0.15, -0.1) is 11.3 Å². The first-order valence-electron chi connectivity index (χ1n) is 9.15. The number of fused-ring (bicyclic) bond motifs is 2. The molecule has 7 heteroatoms. The number of hydrogen-bond donors (Lipinski definition) is 1. The first kappa shape index (κ1) is 19.1. The average Bonchev–Trinajstić information content (AvgIpc) is 3.31. The molecule has 2 heterocycles. The molecule has 2 aromatic heterocycles. The Kier molecular flexibility index (Phi) is 4.74. The minimum atomic E-state index is -0.312. The summed E-state index contributed by atoms with van der Waals surface area (Å²) in [5.41, 5.74) is 3.75. The van der Waals surface area contributed by atoms with Crippen LogP contribution in [0.3, 0.4) is 0 Å². The number of thiophene rings is 1. The Bertz CT molecular complexity index is 1440. The molecule has 5 aromatic rings. The van der Waals surface area contributed by atoms with E-state index < -0.39 is 0 Å². The number of anilines is 1. The van der Waals surface area contributed by atoms with Gasteiger partial charge in [0.2, 0.25) is 5.89 Å². The number of aromatic nitrogens is 1. The van der Waals surface area contributed by atoms with Crippen LogP contribution in [-0.2, 0) is 0 Å². The van der Waals surface area contributed by atoms with E-state index >= 15 is 0 Å². The molecular formula is C23H14Cl2N2O2S. The highest BCUT2D eigenvalue weighted by molar-refractivity contribution is 7.21. The highest BCUT2D eigenvalue weighted by atomic mass is 35.5. The van der Waals surface area contributed by atoms with E-state index in [0.717, 1.165) is 21.2 Å². The topological polar surface area (TPSA) is 55.1 Å². The van der Waals surface area contributed by atoms with E-state index in [1.807, 2.05) is 55.5 Å². The van der Waals surface area contributed by atoms with E-state index in [9.17, 15) is 4.79 Å². The molecule has 0 aliphatic rings. The van der Waals surface area contributed by atoms with Crippen LogP contribution in [0.25, 0.3) is 32.6 Å². The van der Waals surface area contributed by atoms with Crippen molar-refractivity contribution in [3.05, 3.63) is 81.1 Å². The second-order valence-corrected chi connectivity index (χ2v) is 8.72. The third kappa shape index (κ3) is 3.35. The van der Waals surface area contributed by atoms with Gasteiger partial charge in [-0.25, -0.2) is 4.98 Å². The van der Waals surface area contributed by atoms with E-state index in [1.54, 1.807) is 12.1 Å². The van der Waals surface area contributed by atoms with Gasteiger partial charge in [-0.3, -0.25) is 4.79 Å². The zero-order valence-electron chi connectivity index (χ0n) is 15.7. The molecule has 0 aliphatic heterocycles. The first-order valence-corrected chi connectivity index (χ1v) is 10.7. The van der Waals surface area contributed by atoms with Crippen molar-refractivity contribution in [1.29, 1.82) is 0 Å². The molecule has 0 fully saturated rings. The van der Waals surface area contributed by atoms with Crippen LogP contribution in [0.1, 0.15) is 15.2 Å². The maximum absolute atomic E-state index is 12.9. The maximum atomic E-state index is 12.9. The summed E-state index contributed by atoms with van der Waals surface area (Å²) < 4.78 is 6.85. The zero-order chi connectivity index (χ0) is 20.8. The van der Waals surface area contributed by atoms with Crippen molar-refractivity contribution >= 4 is 67.3 Å². The fourth-order valence-electron chi connectivity index (χ4n) is 3.25. The van der Waals surface area contributed by atoms with E-state index in [-0.39, 0.29) is 5.91 Å². The summed E-state index contributed by atoms with van der Waals surface area (Å²) in [7, 11) is 0. The minimum absolute atomic E-state index is 0.312. The molecule has 1 N–H and O–H groups in total. The smallest absolute Gasteiger partial charge is 0.267 e. The monoisotopic (exact) mass is 452 g/mol. The van der Waals surface area contributed by atoms with Crippen LogP contribution in [0.5, 0.6) is 0 Å². The van der Waals surface area contributed by atoms with Crippen LogP contribution < -0.4 is 5.32 Å². The summed E-state index contributed by atoms with van der Waals surface area (Å²) in [6, 6.07) is 18.7. The van der Waals surface area contributed by atoms with E-state index in [1.165, 1.54) is 11.3 Å². The van der Waals surface area contributed by atoms with Gasteiger partial charge in [0.05, 0.1) is 15.7 Å². The molecule has 0 bridgehead atoms. The van der Waals surface area contributed by atoms with Crippen molar-refractivity contribution < 1.29 is 9.21 Å². The summed E-state index contributed by atoms with van der Waals surface area (Å²) in [6.07, 6.45) is 0. The van der Waals surface area contributed by atoms with Gasteiger partial charge in [0.1, 0.15) is 10.4 Å². The predicted molar refractivity (Wildman–Crippen MR) is 124 cm³/mol. The van der Waals surface area contributed by atoms with Crippen LogP contribution >= 0.6 is 34.5 Å². The Balaban J connectivity index is 1.49. The average molecular weight is 453 g/mol. The quantitative estimate of drug-likeness (QED) is 0.306. The van der Waals surface area contributed by atoms with Gasteiger partial charge in [-0.05, 0) is 48.9 Å². The third-order valence-corrected chi connectivity index (χ3v) is 6.75. The zero-order valence-corrected chi connectivity index (χ0v) is 18.0. The molecule has 0 saturated heterocycles.